The summed E-state index contributed by atoms with van der Waals surface area (Å²) < 4.78 is 0. The number of primary amides is 1. The molecule has 2 unspecified atom stereocenters. The summed E-state index contributed by atoms with van der Waals surface area (Å²) in [6.45, 7) is 0.375. The lowest BCUT2D eigenvalue weighted by atomic mass is 9.87. The fraction of sp³-hybridized carbons (Fsp3) is 0.429. The highest BCUT2D eigenvalue weighted by atomic mass is 16.4. The number of carbonyl (C=O) groups excluding carboxylic acids is 1. The minimum Gasteiger partial charge on any atom is -0.465 e. The zero-order valence-electron chi connectivity index (χ0n) is 10.7. The number of amides is 2. The first-order chi connectivity index (χ1) is 9.08. The van der Waals surface area contributed by atoms with Crippen molar-refractivity contribution in [3.8, 4) is 0 Å². The summed E-state index contributed by atoms with van der Waals surface area (Å²) in [6, 6.07) is 9.53. The van der Waals surface area contributed by atoms with Crippen molar-refractivity contribution in [3.05, 3.63) is 35.9 Å². The molecule has 1 aromatic rings. The molecule has 0 spiro atoms. The molecule has 0 bridgehead atoms. The van der Waals surface area contributed by atoms with Crippen molar-refractivity contribution in [2.45, 2.75) is 25.3 Å². The Morgan fingerprint density at radius 3 is 2.58 bits per heavy atom. The van der Waals surface area contributed by atoms with Crippen LogP contribution in [0.15, 0.2) is 30.3 Å². The monoisotopic (exact) mass is 262 g/mol. The Bertz CT molecular complexity index is 461. The average Bonchev–Trinajstić information content (AvgIpc) is 2.39. The number of carboxylic acid groups (broad SMARTS) is 1. The first-order valence-electron chi connectivity index (χ1n) is 6.40. The number of nitrogens with two attached hydrogens (primary N) is 1. The van der Waals surface area contributed by atoms with Crippen molar-refractivity contribution < 1.29 is 14.7 Å². The third-order valence-corrected chi connectivity index (χ3v) is 3.68. The van der Waals surface area contributed by atoms with E-state index in [2.05, 4.69) is 0 Å². The van der Waals surface area contributed by atoms with E-state index in [0.717, 1.165) is 5.56 Å². The molecule has 0 radical (unpaired) electrons. The second kappa shape index (κ2) is 5.73. The number of carbonyl (C=O) groups is 2. The van der Waals surface area contributed by atoms with Gasteiger partial charge in [0.2, 0.25) is 5.91 Å². The molecule has 1 aliphatic heterocycles. The molecule has 2 rings (SSSR count). The molecule has 1 saturated heterocycles. The first kappa shape index (κ1) is 13.4. The van der Waals surface area contributed by atoms with Gasteiger partial charge in [-0.05, 0) is 24.8 Å². The molecule has 1 aromatic carbocycles. The summed E-state index contributed by atoms with van der Waals surface area (Å²) in [4.78, 5) is 23.9. The number of rotatable bonds is 3. The maximum atomic E-state index is 11.3. The van der Waals surface area contributed by atoms with E-state index in [1.165, 1.54) is 4.90 Å². The van der Waals surface area contributed by atoms with Crippen molar-refractivity contribution in [2.24, 2.45) is 11.7 Å². The van der Waals surface area contributed by atoms with E-state index in [1.54, 1.807) is 0 Å². The number of nitrogens with zero attached hydrogens (tertiary/aromatic N) is 1. The number of hydrogen-bond donors (Lipinski definition) is 2. The van der Waals surface area contributed by atoms with Crippen molar-refractivity contribution >= 4 is 12.0 Å². The largest absolute Gasteiger partial charge is 0.465 e. The lowest BCUT2D eigenvalue weighted by molar-refractivity contribution is -0.123. The Kier molecular flexibility index (Phi) is 4.04. The lowest BCUT2D eigenvalue weighted by Gasteiger charge is -2.36. The van der Waals surface area contributed by atoms with E-state index in [9.17, 15) is 14.7 Å². The zero-order valence-corrected chi connectivity index (χ0v) is 10.7. The number of benzene rings is 1. The Balaban J connectivity index is 2.11. The SMILES string of the molecule is NC(=O)C1CCN(C(=O)O)C(Cc2ccccc2)C1. The van der Waals surface area contributed by atoms with Gasteiger partial charge in [0.15, 0.2) is 0 Å². The van der Waals surface area contributed by atoms with Gasteiger partial charge >= 0.3 is 6.09 Å². The molecule has 5 heteroatoms. The Hall–Kier alpha value is -2.04. The number of piperidine rings is 1. The van der Waals surface area contributed by atoms with Crippen LogP contribution in [0, 0.1) is 5.92 Å². The van der Waals surface area contributed by atoms with Gasteiger partial charge in [0.25, 0.3) is 0 Å². The van der Waals surface area contributed by atoms with Gasteiger partial charge in [-0.15, -0.1) is 0 Å². The molecular weight excluding hydrogens is 244 g/mol. The summed E-state index contributed by atoms with van der Waals surface area (Å²) in [5.41, 5.74) is 6.41. The average molecular weight is 262 g/mol. The summed E-state index contributed by atoms with van der Waals surface area (Å²) in [5.74, 6) is -0.549. The van der Waals surface area contributed by atoms with Gasteiger partial charge < -0.3 is 15.7 Å². The predicted octanol–water partition coefficient (Wildman–Crippen LogP) is 1.47. The molecule has 2 atom stereocenters. The van der Waals surface area contributed by atoms with Gasteiger partial charge in [-0.25, -0.2) is 4.79 Å². The van der Waals surface area contributed by atoms with Crippen LogP contribution in [0.1, 0.15) is 18.4 Å². The Morgan fingerprint density at radius 1 is 1.32 bits per heavy atom. The third-order valence-electron chi connectivity index (χ3n) is 3.68. The van der Waals surface area contributed by atoms with Crippen LogP contribution in [0.4, 0.5) is 4.79 Å². The van der Waals surface area contributed by atoms with Crippen molar-refractivity contribution in [1.82, 2.24) is 4.90 Å². The molecule has 0 saturated carbocycles. The van der Waals surface area contributed by atoms with E-state index in [-0.39, 0.29) is 17.9 Å². The highest BCUT2D eigenvalue weighted by Crippen LogP contribution is 2.25. The maximum absolute atomic E-state index is 11.3. The van der Waals surface area contributed by atoms with Crippen molar-refractivity contribution in [3.63, 3.8) is 0 Å². The van der Waals surface area contributed by atoms with Gasteiger partial charge in [0.1, 0.15) is 0 Å². The first-order valence-corrected chi connectivity index (χ1v) is 6.40. The lowest BCUT2D eigenvalue weighted by Crippen LogP contribution is -2.48. The molecule has 0 aromatic heterocycles. The molecule has 102 valence electrons. The second-order valence-corrected chi connectivity index (χ2v) is 4.94. The molecule has 0 aliphatic carbocycles. The van der Waals surface area contributed by atoms with E-state index in [0.29, 0.717) is 25.8 Å². The molecule has 1 heterocycles. The number of likely N-dealkylation sites (tertiary alicyclic amines) is 1. The van der Waals surface area contributed by atoms with Crippen LogP contribution in [0.3, 0.4) is 0 Å². The summed E-state index contributed by atoms with van der Waals surface area (Å²) >= 11 is 0. The van der Waals surface area contributed by atoms with Gasteiger partial charge in [0, 0.05) is 18.5 Å². The van der Waals surface area contributed by atoms with Crippen LogP contribution < -0.4 is 5.73 Å². The summed E-state index contributed by atoms with van der Waals surface area (Å²) in [5, 5.41) is 9.22. The third kappa shape index (κ3) is 3.24. The van der Waals surface area contributed by atoms with Gasteiger partial charge in [-0.3, -0.25) is 4.79 Å². The minimum absolute atomic E-state index is 0.175. The molecular formula is C14H18N2O3. The predicted molar refractivity (Wildman–Crippen MR) is 70.6 cm³/mol. The maximum Gasteiger partial charge on any atom is 0.407 e. The molecule has 19 heavy (non-hydrogen) atoms. The van der Waals surface area contributed by atoms with Crippen LogP contribution in [-0.4, -0.2) is 34.6 Å². The normalized spacial score (nSPS) is 23.1. The Morgan fingerprint density at radius 2 is 2.00 bits per heavy atom. The van der Waals surface area contributed by atoms with Crippen molar-refractivity contribution in [2.75, 3.05) is 6.54 Å². The topological polar surface area (TPSA) is 83.6 Å². The van der Waals surface area contributed by atoms with Gasteiger partial charge in [0.05, 0.1) is 0 Å². The van der Waals surface area contributed by atoms with Crippen LogP contribution in [0.2, 0.25) is 0 Å². The molecule has 1 aliphatic rings. The number of hydrogen-bond acceptors (Lipinski definition) is 2. The van der Waals surface area contributed by atoms with Crippen LogP contribution >= 0.6 is 0 Å². The molecule has 1 fully saturated rings. The van der Waals surface area contributed by atoms with Crippen LogP contribution in [0.25, 0.3) is 0 Å². The highest BCUT2D eigenvalue weighted by molar-refractivity contribution is 5.77. The summed E-state index contributed by atoms with van der Waals surface area (Å²) in [7, 11) is 0. The quantitative estimate of drug-likeness (QED) is 0.865. The Labute approximate surface area is 112 Å². The molecule has 2 amide bonds. The second-order valence-electron chi connectivity index (χ2n) is 4.94. The van der Waals surface area contributed by atoms with E-state index in [4.69, 9.17) is 5.73 Å². The van der Waals surface area contributed by atoms with Crippen LogP contribution in [0.5, 0.6) is 0 Å². The van der Waals surface area contributed by atoms with Crippen LogP contribution in [-0.2, 0) is 11.2 Å². The smallest absolute Gasteiger partial charge is 0.407 e. The minimum atomic E-state index is -0.927. The fourth-order valence-corrected chi connectivity index (χ4v) is 2.64. The van der Waals surface area contributed by atoms with Gasteiger partial charge in [-0.2, -0.15) is 0 Å². The highest BCUT2D eigenvalue weighted by Gasteiger charge is 2.33. The van der Waals surface area contributed by atoms with E-state index < -0.39 is 6.09 Å². The van der Waals surface area contributed by atoms with E-state index in [1.807, 2.05) is 30.3 Å². The zero-order chi connectivity index (χ0) is 13.8. The fourth-order valence-electron chi connectivity index (χ4n) is 2.64. The molecule has 5 nitrogen and oxygen atoms in total. The van der Waals surface area contributed by atoms with E-state index >= 15 is 0 Å². The summed E-state index contributed by atoms with van der Waals surface area (Å²) in [6.07, 6.45) is 0.726. The van der Waals surface area contributed by atoms with Crippen molar-refractivity contribution in [1.29, 1.82) is 0 Å². The molecule has 3 N–H and O–H groups in total. The standard InChI is InChI=1S/C14H18N2O3/c15-13(17)11-6-7-16(14(18)19)12(9-11)8-10-4-2-1-3-5-10/h1-5,11-12H,6-9H2,(H2,15,17)(H,18,19). The van der Waals surface area contributed by atoms with Gasteiger partial charge in [-0.1, -0.05) is 30.3 Å².